The van der Waals surface area contributed by atoms with E-state index in [1.807, 2.05) is 28.8 Å². The van der Waals surface area contributed by atoms with Crippen LogP contribution in [0.3, 0.4) is 0 Å². The summed E-state index contributed by atoms with van der Waals surface area (Å²) in [5, 5.41) is 1.06. The SMILES string of the molecule is CS(=O)(=O)NCCSc1cccc2ncc(I)n12. The van der Waals surface area contributed by atoms with Crippen molar-refractivity contribution in [1.29, 1.82) is 0 Å². The molecule has 0 spiro atoms. The van der Waals surface area contributed by atoms with Gasteiger partial charge in [-0.3, -0.25) is 4.40 Å². The van der Waals surface area contributed by atoms with Crippen molar-refractivity contribution in [3.05, 3.63) is 28.1 Å². The number of hydrogen-bond donors (Lipinski definition) is 1. The minimum Gasteiger partial charge on any atom is -0.282 e. The number of nitrogens with one attached hydrogen (secondary N) is 1. The van der Waals surface area contributed by atoms with Crippen molar-refractivity contribution in [3.63, 3.8) is 0 Å². The lowest BCUT2D eigenvalue weighted by Gasteiger charge is -2.06. The molecule has 2 aromatic rings. The van der Waals surface area contributed by atoms with Gasteiger partial charge in [0.15, 0.2) is 0 Å². The highest BCUT2D eigenvalue weighted by Crippen LogP contribution is 2.21. The number of aromatic nitrogens is 2. The molecule has 0 atom stereocenters. The van der Waals surface area contributed by atoms with Crippen LogP contribution in [0.4, 0.5) is 0 Å². The summed E-state index contributed by atoms with van der Waals surface area (Å²) in [5.74, 6) is 0.681. The third-order valence-corrected chi connectivity index (χ3v) is 4.68. The van der Waals surface area contributed by atoms with Gasteiger partial charge >= 0.3 is 0 Å². The molecule has 0 bridgehead atoms. The molecule has 2 aromatic heterocycles. The summed E-state index contributed by atoms with van der Waals surface area (Å²) in [7, 11) is -3.10. The van der Waals surface area contributed by atoms with E-state index < -0.39 is 10.0 Å². The normalized spacial score (nSPS) is 12.1. The predicted molar refractivity (Wildman–Crippen MR) is 81.5 cm³/mol. The fourth-order valence-electron chi connectivity index (χ4n) is 1.47. The van der Waals surface area contributed by atoms with Gasteiger partial charge in [0.05, 0.1) is 17.5 Å². The second kappa shape index (κ2) is 5.76. The summed E-state index contributed by atoms with van der Waals surface area (Å²) in [5.41, 5.74) is 0.903. The van der Waals surface area contributed by atoms with Crippen molar-refractivity contribution in [2.24, 2.45) is 0 Å². The molecule has 2 rings (SSSR count). The first-order chi connectivity index (χ1) is 8.47. The number of nitrogens with zero attached hydrogens (tertiary/aromatic N) is 2. The van der Waals surface area contributed by atoms with Gasteiger partial charge in [-0.05, 0) is 34.7 Å². The zero-order valence-corrected chi connectivity index (χ0v) is 13.4. The zero-order valence-electron chi connectivity index (χ0n) is 9.63. The van der Waals surface area contributed by atoms with E-state index in [2.05, 4.69) is 32.3 Å². The highest BCUT2D eigenvalue weighted by atomic mass is 127. The van der Waals surface area contributed by atoms with E-state index in [4.69, 9.17) is 0 Å². The quantitative estimate of drug-likeness (QED) is 0.473. The Morgan fingerprint density at radius 2 is 2.28 bits per heavy atom. The molecular weight excluding hydrogens is 385 g/mol. The molecule has 0 saturated carbocycles. The molecule has 1 N–H and O–H groups in total. The predicted octanol–water partition coefficient (Wildman–Crippen LogP) is 1.58. The lowest BCUT2D eigenvalue weighted by molar-refractivity contribution is 0.590. The lowest BCUT2D eigenvalue weighted by Crippen LogP contribution is -2.24. The number of fused-ring (bicyclic) bond motifs is 1. The minimum absolute atomic E-state index is 0.422. The van der Waals surface area contributed by atoms with Crippen LogP contribution < -0.4 is 4.72 Å². The van der Waals surface area contributed by atoms with Gasteiger partial charge in [-0.2, -0.15) is 0 Å². The Morgan fingerprint density at radius 3 is 3.00 bits per heavy atom. The van der Waals surface area contributed by atoms with Crippen molar-refractivity contribution >= 4 is 50.0 Å². The Hall–Kier alpha value is -0.320. The Labute approximate surface area is 124 Å². The molecule has 0 fully saturated rings. The number of hydrogen-bond acceptors (Lipinski definition) is 4. The molecule has 2 heterocycles. The topological polar surface area (TPSA) is 63.5 Å². The van der Waals surface area contributed by atoms with Crippen LogP contribution >= 0.6 is 34.4 Å². The largest absolute Gasteiger partial charge is 0.282 e. The molecule has 5 nitrogen and oxygen atoms in total. The van der Waals surface area contributed by atoms with Gasteiger partial charge in [0.25, 0.3) is 0 Å². The summed E-state index contributed by atoms with van der Waals surface area (Å²) >= 11 is 3.83. The van der Waals surface area contributed by atoms with Crippen molar-refractivity contribution in [2.75, 3.05) is 18.6 Å². The molecule has 0 aliphatic rings. The number of halogens is 1. The van der Waals surface area contributed by atoms with Gasteiger partial charge in [-0.15, -0.1) is 11.8 Å². The Bertz CT molecular complexity index is 654. The molecule has 98 valence electrons. The molecule has 8 heteroatoms. The van der Waals surface area contributed by atoms with Gasteiger partial charge in [0, 0.05) is 12.3 Å². The van der Waals surface area contributed by atoms with Gasteiger partial charge in [-0.25, -0.2) is 18.1 Å². The highest BCUT2D eigenvalue weighted by Gasteiger charge is 2.06. The zero-order chi connectivity index (χ0) is 13.2. The van der Waals surface area contributed by atoms with Gasteiger partial charge in [0.1, 0.15) is 9.35 Å². The second-order valence-electron chi connectivity index (χ2n) is 3.65. The van der Waals surface area contributed by atoms with E-state index >= 15 is 0 Å². The first kappa shape index (κ1) is 14.1. The molecule has 0 amide bonds. The molecular formula is C10H12IN3O2S2. The maximum Gasteiger partial charge on any atom is 0.208 e. The number of sulfonamides is 1. The molecule has 0 aliphatic carbocycles. The monoisotopic (exact) mass is 397 g/mol. The first-order valence-electron chi connectivity index (χ1n) is 5.17. The van der Waals surface area contributed by atoms with Crippen LogP contribution in [0.5, 0.6) is 0 Å². The Balaban J connectivity index is 2.06. The van der Waals surface area contributed by atoms with E-state index in [1.54, 1.807) is 11.8 Å². The average Bonchev–Trinajstić information content (AvgIpc) is 2.66. The van der Waals surface area contributed by atoms with Crippen molar-refractivity contribution < 1.29 is 8.42 Å². The van der Waals surface area contributed by atoms with Crippen LogP contribution in [0, 0.1) is 3.70 Å². The van der Waals surface area contributed by atoms with Crippen molar-refractivity contribution in [2.45, 2.75) is 5.03 Å². The van der Waals surface area contributed by atoms with Crippen molar-refractivity contribution in [3.8, 4) is 0 Å². The van der Waals surface area contributed by atoms with Gasteiger partial charge < -0.3 is 0 Å². The second-order valence-corrected chi connectivity index (χ2v) is 7.71. The van der Waals surface area contributed by atoms with Crippen LogP contribution in [-0.2, 0) is 10.0 Å². The molecule has 0 aromatic carbocycles. The molecule has 18 heavy (non-hydrogen) atoms. The number of imidazole rings is 1. The van der Waals surface area contributed by atoms with Gasteiger partial charge in [0.2, 0.25) is 10.0 Å². The summed E-state index contributed by atoms with van der Waals surface area (Å²) in [6.45, 7) is 0.422. The van der Waals surface area contributed by atoms with Crippen LogP contribution in [0.1, 0.15) is 0 Å². The third-order valence-electron chi connectivity index (χ3n) is 2.17. The molecule has 0 unspecified atom stereocenters. The van der Waals surface area contributed by atoms with E-state index in [1.165, 1.54) is 0 Å². The standard InChI is InChI=1S/C10H12IN3O2S2/c1-18(15,16)13-5-6-17-10-4-2-3-9-12-7-8(11)14(9)10/h2-4,7,13H,5-6H2,1H3. The van der Waals surface area contributed by atoms with E-state index in [0.29, 0.717) is 12.3 Å². The number of rotatable bonds is 5. The Morgan fingerprint density at radius 1 is 1.50 bits per heavy atom. The smallest absolute Gasteiger partial charge is 0.208 e. The number of thioether (sulfide) groups is 1. The van der Waals surface area contributed by atoms with Crippen LogP contribution in [-0.4, -0.2) is 36.4 Å². The summed E-state index contributed by atoms with van der Waals surface area (Å²) in [6, 6.07) is 5.90. The molecule has 0 aliphatic heterocycles. The van der Waals surface area contributed by atoms with E-state index in [9.17, 15) is 8.42 Å². The average molecular weight is 397 g/mol. The molecule has 0 saturated heterocycles. The highest BCUT2D eigenvalue weighted by molar-refractivity contribution is 14.1. The Kier molecular flexibility index (Phi) is 4.51. The van der Waals surface area contributed by atoms with Gasteiger partial charge in [-0.1, -0.05) is 6.07 Å². The molecule has 0 radical (unpaired) electrons. The minimum atomic E-state index is -3.10. The van der Waals surface area contributed by atoms with Crippen LogP contribution in [0.25, 0.3) is 5.65 Å². The fourth-order valence-corrected chi connectivity index (χ4v) is 3.79. The maximum absolute atomic E-state index is 10.9. The summed E-state index contributed by atoms with van der Waals surface area (Å²) in [6.07, 6.45) is 2.98. The summed E-state index contributed by atoms with van der Waals surface area (Å²) in [4.78, 5) is 4.28. The maximum atomic E-state index is 10.9. The van der Waals surface area contributed by atoms with Crippen LogP contribution in [0.15, 0.2) is 29.4 Å². The fraction of sp³-hybridized carbons (Fsp3) is 0.300. The third kappa shape index (κ3) is 3.59. The van der Waals surface area contributed by atoms with E-state index in [0.717, 1.165) is 20.6 Å². The lowest BCUT2D eigenvalue weighted by atomic mass is 10.5. The van der Waals surface area contributed by atoms with E-state index in [-0.39, 0.29) is 0 Å². The first-order valence-corrected chi connectivity index (χ1v) is 9.12. The number of pyridine rings is 1. The summed E-state index contributed by atoms with van der Waals surface area (Å²) < 4.78 is 27.4. The van der Waals surface area contributed by atoms with Crippen molar-refractivity contribution in [1.82, 2.24) is 14.1 Å². The van der Waals surface area contributed by atoms with Crippen LogP contribution in [0.2, 0.25) is 0 Å².